The molecular weight excluding hydrogens is 464 g/mol. The van der Waals surface area contributed by atoms with Crippen molar-refractivity contribution in [1.82, 2.24) is 4.90 Å². The smallest absolute Gasteiger partial charge is 0.237 e. The second-order valence-electron chi connectivity index (χ2n) is 12.0. The molecule has 2 heterocycles. The lowest BCUT2D eigenvalue weighted by atomic mass is 9.70. The molecule has 0 N–H and O–H groups in total. The molecule has 2 aliphatic heterocycles. The van der Waals surface area contributed by atoms with Gasteiger partial charge in [0, 0.05) is 11.5 Å². The van der Waals surface area contributed by atoms with Gasteiger partial charge in [0.25, 0.3) is 0 Å². The molecule has 2 aromatic rings. The standard InChI is InChI=1S/C31H36N2O4/c1-17(2)19-7-9-20(10-8-19)31(5,6)21-11-13-22(14-12-21)33-29(36)25-15-23-24(16-26(25)30(33)37)28(35)32(18(3)4)27(23)34/h7-14,17-18,23-26H,15-16H2,1-6H3. The van der Waals surface area contributed by atoms with Gasteiger partial charge in [-0.05, 0) is 61.4 Å². The van der Waals surface area contributed by atoms with Crippen LogP contribution in [0.1, 0.15) is 77.0 Å². The number of likely N-dealkylation sites (tertiary alicyclic amines) is 1. The van der Waals surface area contributed by atoms with Crippen molar-refractivity contribution in [3.63, 3.8) is 0 Å². The summed E-state index contributed by atoms with van der Waals surface area (Å²) in [5.41, 5.74) is 3.88. The van der Waals surface area contributed by atoms with Crippen molar-refractivity contribution in [2.45, 2.75) is 71.8 Å². The summed E-state index contributed by atoms with van der Waals surface area (Å²) in [6, 6.07) is 16.1. The predicted molar refractivity (Wildman–Crippen MR) is 142 cm³/mol. The molecule has 1 aliphatic carbocycles. The van der Waals surface area contributed by atoms with E-state index in [1.54, 1.807) is 0 Å². The van der Waals surface area contributed by atoms with E-state index in [0.717, 1.165) is 5.56 Å². The minimum absolute atomic E-state index is 0.199. The Bertz CT molecular complexity index is 1220. The van der Waals surface area contributed by atoms with Crippen LogP contribution in [0.2, 0.25) is 0 Å². The molecule has 37 heavy (non-hydrogen) atoms. The van der Waals surface area contributed by atoms with Crippen LogP contribution in [0.5, 0.6) is 0 Å². The monoisotopic (exact) mass is 500 g/mol. The number of rotatable bonds is 5. The quantitative estimate of drug-likeness (QED) is 0.539. The highest BCUT2D eigenvalue weighted by molar-refractivity contribution is 6.22. The van der Waals surface area contributed by atoms with Gasteiger partial charge in [0.05, 0.1) is 29.4 Å². The molecule has 6 nitrogen and oxygen atoms in total. The maximum absolute atomic E-state index is 13.4. The van der Waals surface area contributed by atoms with Crippen molar-refractivity contribution < 1.29 is 19.2 Å². The summed E-state index contributed by atoms with van der Waals surface area (Å²) < 4.78 is 0. The van der Waals surface area contributed by atoms with E-state index in [2.05, 4.69) is 52.0 Å². The second kappa shape index (κ2) is 8.93. The molecule has 194 valence electrons. The largest absolute Gasteiger partial charge is 0.280 e. The molecule has 0 radical (unpaired) electrons. The van der Waals surface area contributed by atoms with E-state index in [1.807, 2.05) is 38.1 Å². The first-order chi connectivity index (χ1) is 17.4. The van der Waals surface area contributed by atoms with E-state index in [0.29, 0.717) is 11.6 Å². The summed E-state index contributed by atoms with van der Waals surface area (Å²) in [6.07, 6.45) is 0.531. The highest BCUT2D eigenvalue weighted by Crippen LogP contribution is 2.49. The molecule has 1 saturated carbocycles. The highest BCUT2D eigenvalue weighted by atomic mass is 16.2. The van der Waals surface area contributed by atoms with Crippen molar-refractivity contribution in [2.24, 2.45) is 23.7 Å². The summed E-state index contributed by atoms with van der Waals surface area (Å²) in [5.74, 6) is -2.54. The normalized spacial score (nSPS) is 25.9. The number of anilines is 1. The van der Waals surface area contributed by atoms with Crippen LogP contribution in [-0.4, -0.2) is 34.6 Å². The zero-order valence-electron chi connectivity index (χ0n) is 22.5. The Labute approximate surface area is 219 Å². The van der Waals surface area contributed by atoms with Gasteiger partial charge >= 0.3 is 0 Å². The molecule has 5 rings (SSSR count). The maximum atomic E-state index is 13.4. The van der Waals surface area contributed by atoms with Gasteiger partial charge in [-0.3, -0.25) is 29.0 Å². The zero-order chi connectivity index (χ0) is 26.8. The number of amides is 4. The minimum Gasteiger partial charge on any atom is -0.280 e. The number of nitrogens with zero attached hydrogens (tertiary/aromatic N) is 2. The fourth-order valence-electron chi connectivity index (χ4n) is 6.44. The molecule has 2 saturated heterocycles. The number of carbonyl (C=O) groups is 4. The molecule has 3 aliphatic rings. The Morgan fingerprint density at radius 2 is 1.05 bits per heavy atom. The molecular formula is C31H36N2O4. The SMILES string of the molecule is CC(C)c1ccc(C(C)(C)c2ccc(N3C(=O)C4CC5C(=O)N(C(C)C)C(=O)C5CC4C3=O)cc2)cc1. The summed E-state index contributed by atoms with van der Waals surface area (Å²) in [5, 5.41) is 0. The summed E-state index contributed by atoms with van der Waals surface area (Å²) >= 11 is 0. The Morgan fingerprint density at radius 1 is 0.649 bits per heavy atom. The van der Waals surface area contributed by atoms with Crippen LogP contribution < -0.4 is 4.90 Å². The first-order valence-electron chi connectivity index (χ1n) is 13.4. The molecule has 6 heteroatoms. The fraction of sp³-hybridized carbons (Fsp3) is 0.484. The Balaban J connectivity index is 1.37. The van der Waals surface area contributed by atoms with Gasteiger partial charge in [0.1, 0.15) is 0 Å². The van der Waals surface area contributed by atoms with Crippen LogP contribution in [0.3, 0.4) is 0 Å². The van der Waals surface area contributed by atoms with Gasteiger partial charge in [0.2, 0.25) is 23.6 Å². The third-order valence-electron chi connectivity index (χ3n) is 8.83. The zero-order valence-corrected chi connectivity index (χ0v) is 22.5. The van der Waals surface area contributed by atoms with E-state index in [9.17, 15) is 19.2 Å². The Kier molecular flexibility index (Phi) is 6.12. The summed E-state index contributed by atoms with van der Waals surface area (Å²) in [7, 11) is 0. The summed E-state index contributed by atoms with van der Waals surface area (Å²) in [6.45, 7) is 12.3. The molecule has 2 aromatic carbocycles. The van der Waals surface area contributed by atoms with Gasteiger partial charge < -0.3 is 0 Å². The van der Waals surface area contributed by atoms with Crippen LogP contribution >= 0.6 is 0 Å². The number of fused-ring (bicyclic) bond motifs is 2. The minimum atomic E-state index is -0.548. The molecule has 4 atom stereocenters. The topological polar surface area (TPSA) is 74.8 Å². The van der Waals surface area contributed by atoms with Gasteiger partial charge in [-0.25, -0.2) is 0 Å². The van der Waals surface area contributed by atoms with Gasteiger partial charge in [-0.2, -0.15) is 0 Å². The van der Waals surface area contributed by atoms with Crippen molar-refractivity contribution >= 4 is 29.3 Å². The number of carbonyl (C=O) groups excluding carboxylic acids is 4. The van der Waals surface area contributed by atoms with Crippen LogP contribution in [0, 0.1) is 23.7 Å². The number of benzene rings is 2. The lowest BCUT2D eigenvalue weighted by Crippen LogP contribution is -2.37. The number of hydrogen-bond donors (Lipinski definition) is 0. The van der Waals surface area contributed by atoms with E-state index >= 15 is 0 Å². The summed E-state index contributed by atoms with van der Waals surface area (Å²) in [4.78, 5) is 55.3. The maximum Gasteiger partial charge on any atom is 0.237 e. The Morgan fingerprint density at radius 3 is 1.46 bits per heavy atom. The lowest BCUT2D eigenvalue weighted by molar-refractivity contribution is -0.141. The lowest BCUT2D eigenvalue weighted by Gasteiger charge is -2.28. The fourth-order valence-corrected chi connectivity index (χ4v) is 6.44. The Hall–Kier alpha value is -3.28. The molecule has 3 fully saturated rings. The van der Waals surface area contributed by atoms with E-state index in [-0.39, 0.29) is 47.9 Å². The van der Waals surface area contributed by atoms with Gasteiger partial charge in [0.15, 0.2) is 0 Å². The molecule has 4 unspecified atom stereocenters. The average molecular weight is 501 g/mol. The number of imide groups is 2. The second-order valence-corrected chi connectivity index (χ2v) is 12.0. The van der Waals surface area contributed by atoms with Crippen LogP contribution in [0.25, 0.3) is 0 Å². The first kappa shape index (κ1) is 25.4. The third-order valence-corrected chi connectivity index (χ3v) is 8.83. The van der Waals surface area contributed by atoms with E-state index in [4.69, 9.17) is 0 Å². The van der Waals surface area contributed by atoms with Crippen molar-refractivity contribution in [3.05, 3.63) is 65.2 Å². The molecule has 0 aromatic heterocycles. The first-order valence-corrected chi connectivity index (χ1v) is 13.4. The van der Waals surface area contributed by atoms with Crippen molar-refractivity contribution in [1.29, 1.82) is 0 Å². The van der Waals surface area contributed by atoms with Crippen LogP contribution in [-0.2, 0) is 24.6 Å². The molecule has 0 bridgehead atoms. The number of hydrogen-bond acceptors (Lipinski definition) is 4. The van der Waals surface area contributed by atoms with Crippen LogP contribution in [0.4, 0.5) is 5.69 Å². The molecule has 4 amide bonds. The van der Waals surface area contributed by atoms with E-state index < -0.39 is 23.7 Å². The van der Waals surface area contributed by atoms with Crippen molar-refractivity contribution in [2.75, 3.05) is 4.90 Å². The van der Waals surface area contributed by atoms with Gasteiger partial charge in [-0.15, -0.1) is 0 Å². The van der Waals surface area contributed by atoms with Crippen LogP contribution in [0.15, 0.2) is 48.5 Å². The third kappa shape index (κ3) is 3.92. The average Bonchev–Trinajstić information content (AvgIpc) is 3.26. The van der Waals surface area contributed by atoms with E-state index in [1.165, 1.54) is 20.9 Å². The highest BCUT2D eigenvalue weighted by Gasteiger charge is 2.60. The predicted octanol–water partition coefficient (Wildman–Crippen LogP) is 5.04. The van der Waals surface area contributed by atoms with Gasteiger partial charge in [-0.1, -0.05) is 64.1 Å². The molecule has 0 spiro atoms. The van der Waals surface area contributed by atoms with Crippen molar-refractivity contribution in [3.8, 4) is 0 Å².